The van der Waals surface area contributed by atoms with E-state index in [1.165, 1.54) is 25.8 Å². The Labute approximate surface area is 189 Å². The van der Waals surface area contributed by atoms with Crippen LogP contribution >= 0.6 is 12.2 Å². The Hall–Kier alpha value is -3.86. The summed E-state index contributed by atoms with van der Waals surface area (Å²) < 4.78 is 28.3. The van der Waals surface area contributed by atoms with Crippen LogP contribution in [0.3, 0.4) is 0 Å². The highest BCUT2D eigenvalue weighted by Crippen LogP contribution is 2.38. The molecule has 0 amide bonds. The van der Waals surface area contributed by atoms with Gasteiger partial charge in [0.2, 0.25) is 10.5 Å². The van der Waals surface area contributed by atoms with Crippen LogP contribution in [0.4, 0.5) is 0 Å². The van der Waals surface area contributed by atoms with E-state index in [4.69, 9.17) is 35.9 Å². The first-order valence-corrected chi connectivity index (χ1v) is 9.71. The molecule has 0 spiro atoms. The number of methoxy groups -OCH3 is 4. The molecule has 0 aliphatic heterocycles. The minimum Gasteiger partial charge on any atom is -0.493 e. The molecule has 3 rings (SSSR count). The van der Waals surface area contributed by atoms with Gasteiger partial charge in [-0.3, -0.25) is 4.79 Å². The van der Waals surface area contributed by atoms with Crippen molar-refractivity contribution in [1.29, 1.82) is 0 Å². The number of ether oxygens (including phenoxy) is 5. The molecule has 0 unspecified atom stereocenters. The van der Waals surface area contributed by atoms with Crippen molar-refractivity contribution in [2.24, 2.45) is 5.10 Å². The molecule has 0 fully saturated rings. The summed E-state index contributed by atoms with van der Waals surface area (Å²) in [5.74, 6) is 1.94. The van der Waals surface area contributed by atoms with Crippen molar-refractivity contribution in [3.8, 4) is 40.1 Å². The zero-order chi connectivity index (χ0) is 23.3. The van der Waals surface area contributed by atoms with Gasteiger partial charge in [-0.2, -0.15) is 14.9 Å². The molecule has 0 saturated carbocycles. The van der Waals surface area contributed by atoms with Gasteiger partial charge in [-0.05, 0) is 42.5 Å². The van der Waals surface area contributed by atoms with Crippen molar-refractivity contribution < 1.29 is 28.5 Å². The zero-order valence-electron chi connectivity index (χ0n) is 18.2. The second-order valence-corrected chi connectivity index (χ2v) is 6.71. The fourth-order valence-corrected chi connectivity index (χ4v) is 3.08. The minimum atomic E-state index is -0.493. The number of benzene rings is 2. The molecule has 3 aromatic rings. The van der Waals surface area contributed by atoms with E-state index in [-0.39, 0.29) is 5.75 Å². The summed E-state index contributed by atoms with van der Waals surface area (Å²) in [5.41, 5.74) is 1.34. The highest BCUT2D eigenvalue weighted by atomic mass is 32.1. The molecule has 1 heterocycles. The van der Waals surface area contributed by atoms with E-state index in [0.717, 1.165) is 0 Å². The average Bonchev–Trinajstić information content (AvgIpc) is 3.17. The van der Waals surface area contributed by atoms with Gasteiger partial charge in [-0.15, -0.1) is 0 Å². The summed E-state index contributed by atoms with van der Waals surface area (Å²) in [4.78, 5) is 11.4. The molecule has 1 aromatic heterocycles. The molecule has 0 bridgehead atoms. The molecular weight excluding hydrogens is 436 g/mol. The maximum Gasteiger partial charge on any atom is 0.308 e. The Balaban J connectivity index is 2.02. The van der Waals surface area contributed by atoms with Crippen LogP contribution in [0.25, 0.3) is 11.4 Å². The fourth-order valence-electron chi connectivity index (χ4n) is 2.90. The van der Waals surface area contributed by atoms with Crippen LogP contribution in [0.2, 0.25) is 0 Å². The van der Waals surface area contributed by atoms with E-state index in [1.54, 1.807) is 44.7 Å². The number of esters is 1. The summed E-state index contributed by atoms with van der Waals surface area (Å²) in [6.07, 6.45) is 1.55. The zero-order valence-corrected chi connectivity index (χ0v) is 19.0. The summed E-state index contributed by atoms with van der Waals surface area (Å²) in [6, 6.07) is 8.67. The number of nitrogens with one attached hydrogen (secondary N) is 1. The molecule has 32 heavy (non-hydrogen) atoms. The predicted octanol–water partition coefficient (Wildman–Crippen LogP) is 3.45. The molecule has 0 radical (unpaired) electrons. The average molecular weight is 458 g/mol. The van der Waals surface area contributed by atoms with E-state index in [1.807, 2.05) is 6.07 Å². The molecule has 10 nitrogen and oxygen atoms in total. The third-order valence-corrected chi connectivity index (χ3v) is 4.61. The van der Waals surface area contributed by atoms with Crippen molar-refractivity contribution in [3.63, 3.8) is 0 Å². The van der Waals surface area contributed by atoms with Crippen molar-refractivity contribution in [1.82, 2.24) is 14.9 Å². The number of aromatic nitrogens is 3. The van der Waals surface area contributed by atoms with Crippen LogP contribution in [0, 0.1) is 4.77 Å². The van der Waals surface area contributed by atoms with Gasteiger partial charge in [0.1, 0.15) is 0 Å². The fraction of sp³-hybridized carbons (Fsp3) is 0.238. The SMILES string of the molecule is COc1ccc(-c2n[nH]c(=S)n2/N=C\c2cc(OC)c(OC(C)=O)c(OC)c2)cc1OC. The number of H-pyrrole nitrogens is 1. The molecule has 11 heteroatoms. The van der Waals surface area contributed by atoms with Crippen molar-refractivity contribution in [3.05, 3.63) is 40.7 Å². The van der Waals surface area contributed by atoms with Gasteiger partial charge in [0.05, 0.1) is 34.7 Å². The Kier molecular flexibility index (Phi) is 7.11. The minimum absolute atomic E-state index is 0.186. The Morgan fingerprint density at radius 2 is 1.62 bits per heavy atom. The standard InChI is InChI=1S/C21H22N4O6S/c1-12(26)31-19-17(29-4)8-13(9-18(19)30-5)11-22-25-20(23-24-21(25)32)14-6-7-15(27-2)16(10-14)28-3/h6-11H,1-5H3,(H,24,32)/b22-11-. The first kappa shape index (κ1) is 22.8. The molecule has 0 aliphatic rings. The number of aromatic amines is 1. The normalized spacial score (nSPS) is 10.8. The van der Waals surface area contributed by atoms with Crippen LogP contribution in [-0.4, -0.2) is 55.5 Å². The van der Waals surface area contributed by atoms with Crippen molar-refractivity contribution in [2.75, 3.05) is 28.4 Å². The van der Waals surface area contributed by atoms with E-state index in [9.17, 15) is 4.79 Å². The maximum absolute atomic E-state index is 11.4. The third-order valence-electron chi connectivity index (χ3n) is 4.34. The largest absolute Gasteiger partial charge is 0.493 e. The number of carbonyl (C=O) groups excluding carboxylic acids is 1. The van der Waals surface area contributed by atoms with Crippen molar-refractivity contribution >= 4 is 24.4 Å². The third kappa shape index (κ3) is 4.72. The Morgan fingerprint density at radius 1 is 1.00 bits per heavy atom. The van der Waals surface area contributed by atoms with Gasteiger partial charge in [-0.1, -0.05) is 0 Å². The molecule has 0 atom stereocenters. The topological polar surface area (TPSA) is 109 Å². The van der Waals surface area contributed by atoms with E-state index in [0.29, 0.717) is 44.7 Å². The van der Waals surface area contributed by atoms with Gasteiger partial charge < -0.3 is 23.7 Å². The molecule has 168 valence electrons. The number of hydrogen-bond acceptors (Lipinski definition) is 9. The first-order valence-electron chi connectivity index (χ1n) is 9.30. The highest BCUT2D eigenvalue weighted by molar-refractivity contribution is 7.71. The number of nitrogens with zero attached hydrogens (tertiary/aromatic N) is 3. The van der Waals surface area contributed by atoms with Crippen LogP contribution < -0.4 is 23.7 Å². The monoisotopic (exact) mass is 458 g/mol. The van der Waals surface area contributed by atoms with Gasteiger partial charge in [0, 0.05) is 18.1 Å². The smallest absolute Gasteiger partial charge is 0.308 e. The van der Waals surface area contributed by atoms with Gasteiger partial charge in [-0.25, -0.2) is 5.10 Å². The highest BCUT2D eigenvalue weighted by Gasteiger charge is 2.16. The number of rotatable bonds is 8. The maximum atomic E-state index is 11.4. The summed E-state index contributed by atoms with van der Waals surface area (Å²) in [7, 11) is 6.04. The van der Waals surface area contributed by atoms with Crippen LogP contribution in [-0.2, 0) is 4.79 Å². The Bertz CT molecular complexity index is 1190. The van der Waals surface area contributed by atoms with E-state index in [2.05, 4.69) is 15.3 Å². The molecular formula is C21H22N4O6S. The number of hydrogen-bond donors (Lipinski definition) is 1. The van der Waals surface area contributed by atoms with Crippen LogP contribution in [0.1, 0.15) is 12.5 Å². The van der Waals surface area contributed by atoms with Crippen LogP contribution in [0.5, 0.6) is 28.7 Å². The summed E-state index contributed by atoms with van der Waals surface area (Å²) in [6.45, 7) is 1.30. The van der Waals surface area contributed by atoms with Crippen molar-refractivity contribution in [2.45, 2.75) is 6.92 Å². The number of carbonyl (C=O) groups is 1. The van der Waals surface area contributed by atoms with Crippen LogP contribution in [0.15, 0.2) is 35.4 Å². The lowest BCUT2D eigenvalue weighted by atomic mass is 10.2. The molecule has 0 saturated heterocycles. The molecule has 2 aromatic carbocycles. The first-order chi connectivity index (χ1) is 15.4. The van der Waals surface area contributed by atoms with Gasteiger partial charge in [0.15, 0.2) is 28.8 Å². The molecule has 1 N–H and O–H groups in total. The van der Waals surface area contributed by atoms with Gasteiger partial charge in [0.25, 0.3) is 0 Å². The summed E-state index contributed by atoms with van der Waals surface area (Å²) in [5, 5.41) is 11.5. The predicted molar refractivity (Wildman–Crippen MR) is 120 cm³/mol. The summed E-state index contributed by atoms with van der Waals surface area (Å²) >= 11 is 5.33. The lowest BCUT2D eigenvalue weighted by molar-refractivity contribution is -0.132. The Morgan fingerprint density at radius 3 is 2.19 bits per heavy atom. The second kappa shape index (κ2) is 9.96. The lowest BCUT2D eigenvalue weighted by Gasteiger charge is -2.13. The lowest BCUT2D eigenvalue weighted by Crippen LogP contribution is -2.05. The van der Waals surface area contributed by atoms with Gasteiger partial charge >= 0.3 is 5.97 Å². The van der Waals surface area contributed by atoms with E-state index < -0.39 is 5.97 Å². The molecule has 0 aliphatic carbocycles. The second-order valence-electron chi connectivity index (χ2n) is 6.33. The quantitative estimate of drug-likeness (QED) is 0.237. The van der Waals surface area contributed by atoms with E-state index >= 15 is 0 Å².